The third-order valence-electron chi connectivity index (χ3n) is 3.10. The molecule has 0 amide bonds. The maximum atomic E-state index is 13.8. The van der Waals surface area contributed by atoms with Gasteiger partial charge >= 0.3 is 0 Å². The van der Waals surface area contributed by atoms with Gasteiger partial charge in [0.1, 0.15) is 5.69 Å². The third-order valence-corrected chi connectivity index (χ3v) is 3.19. The first-order valence-electron chi connectivity index (χ1n) is 7.07. The summed E-state index contributed by atoms with van der Waals surface area (Å²) in [5.41, 5.74) is 2.55. The highest BCUT2D eigenvalue weighted by Crippen LogP contribution is 2.13. The molecule has 0 radical (unpaired) electrons. The van der Waals surface area contributed by atoms with E-state index in [0.717, 1.165) is 12.0 Å². The maximum Gasteiger partial charge on any atom is 0.159 e. The summed E-state index contributed by atoms with van der Waals surface area (Å²) < 4.78 is 13.8. The molecular formula is C18H15FN2S. The number of thiocarbonyl (C=S) groups is 1. The molecule has 0 N–H and O–H groups in total. The second-order valence-electron chi connectivity index (χ2n) is 4.78. The molecule has 1 heterocycles. The topological polar surface area (TPSA) is 25.2 Å². The van der Waals surface area contributed by atoms with Gasteiger partial charge in [-0.25, -0.2) is 9.37 Å². The fourth-order valence-electron chi connectivity index (χ4n) is 1.90. The van der Waals surface area contributed by atoms with Crippen molar-refractivity contribution in [2.45, 2.75) is 26.2 Å². The Morgan fingerprint density at radius 1 is 1.23 bits per heavy atom. The van der Waals surface area contributed by atoms with Gasteiger partial charge in [-0.15, -0.1) is 0 Å². The predicted octanol–water partition coefficient (Wildman–Crippen LogP) is 4.70. The first kappa shape index (κ1) is 16.0. The summed E-state index contributed by atoms with van der Waals surface area (Å²) in [6.07, 6.45) is 4.84. The number of aromatic nitrogens is 1. The minimum absolute atomic E-state index is 0.0957. The van der Waals surface area contributed by atoms with Crippen molar-refractivity contribution in [3.05, 3.63) is 59.2 Å². The lowest BCUT2D eigenvalue weighted by atomic mass is 10.1. The smallest absolute Gasteiger partial charge is 0.159 e. The quantitative estimate of drug-likeness (QED) is 0.465. The molecule has 0 saturated carbocycles. The van der Waals surface area contributed by atoms with Crippen LogP contribution in [0.1, 0.15) is 36.6 Å². The molecule has 2 aromatic rings. The molecule has 4 heteroatoms. The SMILES string of the molecule is CCCCc1ccc(C#Cc2ncc(N=C=S)cc2F)cc1. The molecule has 0 unspecified atom stereocenters. The molecule has 2 nitrogen and oxygen atoms in total. The van der Waals surface area contributed by atoms with Gasteiger partial charge in [-0.05, 0) is 48.7 Å². The van der Waals surface area contributed by atoms with Crippen LogP contribution in [0.3, 0.4) is 0 Å². The number of isothiocyanates is 1. The van der Waals surface area contributed by atoms with E-state index in [9.17, 15) is 4.39 Å². The van der Waals surface area contributed by atoms with Crippen molar-refractivity contribution in [1.29, 1.82) is 0 Å². The number of pyridine rings is 1. The van der Waals surface area contributed by atoms with E-state index < -0.39 is 5.82 Å². The van der Waals surface area contributed by atoms with Gasteiger partial charge < -0.3 is 0 Å². The first-order valence-corrected chi connectivity index (χ1v) is 7.48. The molecule has 1 aromatic heterocycles. The van der Waals surface area contributed by atoms with Crippen LogP contribution in [-0.4, -0.2) is 10.1 Å². The van der Waals surface area contributed by atoms with Crippen LogP contribution in [0.2, 0.25) is 0 Å². The van der Waals surface area contributed by atoms with Crippen LogP contribution in [0.5, 0.6) is 0 Å². The van der Waals surface area contributed by atoms with Crippen molar-refractivity contribution >= 4 is 23.1 Å². The minimum Gasteiger partial charge on any atom is -0.242 e. The molecule has 0 spiro atoms. The Bertz CT molecular complexity index is 751. The summed E-state index contributed by atoms with van der Waals surface area (Å²) >= 11 is 4.47. The maximum absolute atomic E-state index is 13.8. The molecule has 0 aliphatic heterocycles. The van der Waals surface area contributed by atoms with Gasteiger partial charge in [0, 0.05) is 11.6 Å². The Hall–Kier alpha value is -2.34. The van der Waals surface area contributed by atoms with Crippen molar-refractivity contribution in [1.82, 2.24) is 4.98 Å². The van der Waals surface area contributed by atoms with Crippen molar-refractivity contribution in [3.8, 4) is 11.8 Å². The molecule has 22 heavy (non-hydrogen) atoms. The molecular weight excluding hydrogens is 295 g/mol. The third kappa shape index (κ3) is 4.60. The molecule has 0 fully saturated rings. The van der Waals surface area contributed by atoms with E-state index in [1.807, 2.05) is 12.1 Å². The largest absolute Gasteiger partial charge is 0.242 e. The summed E-state index contributed by atoms with van der Waals surface area (Å²) in [5, 5.41) is 2.17. The number of hydrogen-bond acceptors (Lipinski definition) is 3. The van der Waals surface area contributed by atoms with Crippen LogP contribution in [0.25, 0.3) is 0 Å². The van der Waals surface area contributed by atoms with Crippen molar-refractivity contribution in [2.24, 2.45) is 4.99 Å². The summed E-state index contributed by atoms with van der Waals surface area (Å²) in [6, 6.07) is 9.24. The van der Waals surface area contributed by atoms with Gasteiger partial charge in [0.15, 0.2) is 5.82 Å². The van der Waals surface area contributed by atoms with Gasteiger partial charge in [0.2, 0.25) is 0 Å². The normalized spacial score (nSPS) is 9.55. The lowest BCUT2D eigenvalue weighted by Crippen LogP contribution is -1.88. The predicted molar refractivity (Wildman–Crippen MR) is 89.9 cm³/mol. The molecule has 0 saturated heterocycles. The van der Waals surface area contributed by atoms with Crippen LogP contribution in [0.4, 0.5) is 10.1 Å². The van der Waals surface area contributed by atoms with E-state index >= 15 is 0 Å². The Kier molecular flexibility index (Phi) is 5.97. The Labute approximate surface area is 135 Å². The first-order chi connectivity index (χ1) is 10.7. The number of unbranched alkanes of at least 4 members (excludes halogenated alkanes) is 1. The van der Waals surface area contributed by atoms with E-state index in [-0.39, 0.29) is 5.69 Å². The van der Waals surface area contributed by atoms with Crippen LogP contribution in [0.15, 0.2) is 41.5 Å². The van der Waals surface area contributed by atoms with Crippen molar-refractivity contribution in [2.75, 3.05) is 0 Å². The zero-order valence-electron chi connectivity index (χ0n) is 12.3. The van der Waals surface area contributed by atoms with Crippen LogP contribution < -0.4 is 0 Å². The molecule has 110 valence electrons. The number of nitrogens with zero attached hydrogens (tertiary/aromatic N) is 2. The van der Waals surface area contributed by atoms with E-state index in [4.69, 9.17) is 0 Å². The molecule has 0 bridgehead atoms. The summed E-state index contributed by atoms with van der Waals surface area (Å²) in [6.45, 7) is 2.17. The standard InChI is InChI=1S/C18H15FN2S/c1-2-3-4-14-5-7-15(8-6-14)9-10-18-17(19)11-16(12-20-18)21-13-22/h5-8,11-12H,2-4H2,1H3. The van der Waals surface area contributed by atoms with E-state index in [1.165, 1.54) is 30.7 Å². The van der Waals surface area contributed by atoms with Crippen LogP contribution in [0, 0.1) is 17.7 Å². The summed E-state index contributed by atoms with van der Waals surface area (Å²) in [4.78, 5) is 7.62. The van der Waals surface area contributed by atoms with Crippen LogP contribution >= 0.6 is 12.2 Å². The lowest BCUT2D eigenvalue weighted by molar-refractivity contribution is 0.617. The number of halogens is 1. The second kappa shape index (κ2) is 8.19. The monoisotopic (exact) mass is 310 g/mol. The van der Waals surface area contributed by atoms with Crippen molar-refractivity contribution < 1.29 is 4.39 Å². The lowest BCUT2D eigenvalue weighted by Gasteiger charge is -1.99. The van der Waals surface area contributed by atoms with Gasteiger partial charge in [-0.3, -0.25) is 0 Å². The molecule has 2 rings (SSSR count). The van der Waals surface area contributed by atoms with E-state index in [1.54, 1.807) is 0 Å². The number of hydrogen-bond donors (Lipinski definition) is 0. The van der Waals surface area contributed by atoms with E-state index in [2.05, 4.69) is 58.3 Å². The highest BCUT2D eigenvalue weighted by atomic mass is 32.1. The van der Waals surface area contributed by atoms with E-state index in [0.29, 0.717) is 5.69 Å². The zero-order valence-corrected chi connectivity index (χ0v) is 13.1. The molecule has 0 aliphatic carbocycles. The highest BCUT2D eigenvalue weighted by Gasteiger charge is 2.01. The number of aryl methyl sites for hydroxylation is 1. The Morgan fingerprint density at radius 3 is 2.64 bits per heavy atom. The average molecular weight is 310 g/mol. The minimum atomic E-state index is -0.515. The second-order valence-corrected chi connectivity index (χ2v) is 4.96. The fraction of sp³-hybridized carbons (Fsp3) is 0.222. The average Bonchev–Trinajstić information content (AvgIpc) is 2.53. The Balaban J connectivity index is 2.14. The summed E-state index contributed by atoms with van der Waals surface area (Å²) in [5.74, 6) is 5.14. The summed E-state index contributed by atoms with van der Waals surface area (Å²) in [7, 11) is 0. The van der Waals surface area contributed by atoms with Crippen LogP contribution in [-0.2, 0) is 6.42 Å². The van der Waals surface area contributed by atoms with Gasteiger partial charge in [0.05, 0.1) is 17.0 Å². The molecule has 0 atom stereocenters. The fourth-order valence-corrected chi connectivity index (χ4v) is 2.01. The number of benzene rings is 1. The van der Waals surface area contributed by atoms with Gasteiger partial charge in [-0.2, -0.15) is 4.99 Å². The Morgan fingerprint density at radius 2 is 2.00 bits per heavy atom. The molecule has 0 aliphatic rings. The van der Waals surface area contributed by atoms with Gasteiger partial charge in [-0.1, -0.05) is 31.4 Å². The van der Waals surface area contributed by atoms with Crippen molar-refractivity contribution in [3.63, 3.8) is 0 Å². The highest BCUT2D eigenvalue weighted by molar-refractivity contribution is 7.78. The zero-order chi connectivity index (χ0) is 15.8. The number of aliphatic imine (C=N–C) groups is 1. The van der Waals surface area contributed by atoms with Gasteiger partial charge in [0.25, 0.3) is 0 Å². The molecule has 1 aromatic carbocycles. The number of rotatable bonds is 4.